The third-order valence-corrected chi connectivity index (χ3v) is 3.10. The number of alkyl halides is 2. The molecule has 5 heteroatoms. The summed E-state index contributed by atoms with van der Waals surface area (Å²) in [5.74, 6) is 0. The van der Waals surface area contributed by atoms with Gasteiger partial charge < -0.3 is 5.73 Å². The molecule has 1 aliphatic carbocycles. The van der Waals surface area contributed by atoms with Gasteiger partial charge in [0.25, 0.3) is 6.43 Å². The lowest BCUT2D eigenvalue weighted by Crippen LogP contribution is -2.33. The molecule has 1 saturated carbocycles. The van der Waals surface area contributed by atoms with E-state index in [4.69, 9.17) is 5.73 Å². The number of nitrogens with two attached hydrogens (primary N) is 1. The van der Waals surface area contributed by atoms with E-state index in [0.29, 0.717) is 5.56 Å². The summed E-state index contributed by atoms with van der Waals surface area (Å²) >= 11 is 0. The van der Waals surface area contributed by atoms with Crippen molar-refractivity contribution in [1.29, 1.82) is 0 Å². The van der Waals surface area contributed by atoms with Gasteiger partial charge in [0, 0.05) is 24.3 Å². The number of nitrogens with zero attached hydrogens (tertiary/aromatic N) is 2. The molecule has 0 aromatic carbocycles. The summed E-state index contributed by atoms with van der Waals surface area (Å²) in [4.78, 5) is 0. The van der Waals surface area contributed by atoms with Crippen molar-refractivity contribution in [3.05, 3.63) is 17.5 Å². The molecule has 0 spiro atoms. The van der Waals surface area contributed by atoms with Crippen molar-refractivity contribution in [2.24, 2.45) is 12.8 Å². The van der Waals surface area contributed by atoms with Crippen LogP contribution in [0.4, 0.5) is 8.78 Å². The molecule has 1 aromatic heterocycles. The molecule has 1 heterocycles. The van der Waals surface area contributed by atoms with E-state index in [-0.39, 0.29) is 5.69 Å². The van der Waals surface area contributed by atoms with Crippen LogP contribution in [0.1, 0.15) is 43.4 Å². The van der Waals surface area contributed by atoms with Crippen molar-refractivity contribution < 1.29 is 8.78 Å². The fourth-order valence-corrected chi connectivity index (χ4v) is 2.33. The first kappa shape index (κ1) is 10.5. The minimum atomic E-state index is -2.54. The predicted octanol–water partition coefficient (Wildman–Crippen LogP) is 2.09. The summed E-state index contributed by atoms with van der Waals surface area (Å²) in [6.07, 6.45) is 2.66. The second kappa shape index (κ2) is 3.56. The van der Waals surface area contributed by atoms with Gasteiger partial charge in [-0.25, -0.2) is 8.78 Å². The Bertz CT molecular complexity index is 354. The molecule has 2 rings (SSSR count). The van der Waals surface area contributed by atoms with Crippen molar-refractivity contribution in [3.63, 3.8) is 0 Å². The molecule has 0 unspecified atom stereocenters. The standard InChI is InChI=1S/C10H15F2N3/c1-15-6-7(8(14-15)9(11)12)10(13)4-2-3-5-10/h6,9H,2-5,13H2,1H3. The fourth-order valence-electron chi connectivity index (χ4n) is 2.33. The summed E-state index contributed by atoms with van der Waals surface area (Å²) in [5.41, 5.74) is 5.94. The summed E-state index contributed by atoms with van der Waals surface area (Å²) in [5, 5.41) is 3.79. The van der Waals surface area contributed by atoms with Crippen LogP contribution >= 0.6 is 0 Å². The smallest absolute Gasteiger partial charge is 0.282 e. The number of aromatic nitrogens is 2. The molecule has 1 fully saturated rings. The molecule has 0 aliphatic heterocycles. The fraction of sp³-hybridized carbons (Fsp3) is 0.700. The highest BCUT2D eigenvalue weighted by atomic mass is 19.3. The minimum absolute atomic E-state index is 0.151. The Balaban J connectivity index is 2.42. The maximum Gasteiger partial charge on any atom is 0.282 e. The Morgan fingerprint density at radius 2 is 2.07 bits per heavy atom. The Labute approximate surface area is 87.3 Å². The first-order valence-electron chi connectivity index (χ1n) is 5.14. The third kappa shape index (κ3) is 1.76. The number of hydrogen-bond donors (Lipinski definition) is 1. The van der Waals surface area contributed by atoms with Crippen LogP contribution in [0, 0.1) is 0 Å². The van der Waals surface area contributed by atoms with Gasteiger partial charge in [0.2, 0.25) is 0 Å². The topological polar surface area (TPSA) is 43.8 Å². The second-order valence-electron chi connectivity index (χ2n) is 4.27. The van der Waals surface area contributed by atoms with E-state index in [0.717, 1.165) is 25.7 Å². The van der Waals surface area contributed by atoms with Gasteiger partial charge in [-0.3, -0.25) is 4.68 Å². The molecular formula is C10H15F2N3. The molecule has 1 aromatic rings. The second-order valence-corrected chi connectivity index (χ2v) is 4.27. The minimum Gasteiger partial charge on any atom is -0.321 e. The number of aryl methyl sites for hydroxylation is 1. The highest BCUT2D eigenvalue weighted by molar-refractivity contribution is 5.28. The molecule has 84 valence electrons. The van der Waals surface area contributed by atoms with Crippen LogP contribution in [0.25, 0.3) is 0 Å². The molecule has 15 heavy (non-hydrogen) atoms. The van der Waals surface area contributed by atoms with Crippen molar-refractivity contribution in [2.45, 2.75) is 37.6 Å². The van der Waals surface area contributed by atoms with Gasteiger partial charge >= 0.3 is 0 Å². The Hall–Kier alpha value is -0.970. The maximum absolute atomic E-state index is 12.7. The molecule has 0 amide bonds. The van der Waals surface area contributed by atoms with E-state index in [1.807, 2.05) is 0 Å². The lowest BCUT2D eigenvalue weighted by molar-refractivity contribution is 0.142. The predicted molar refractivity (Wildman–Crippen MR) is 52.5 cm³/mol. The molecule has 0 atom stereocenters. The highest BCUT2D eigenvalue weighted by Gasteiger charge is 2.36. The van der Waals surface area contributed by atoms with E-state index < -0.39 is 12.0 Å². The van der Waals surface area contributed by atoms with Gasteiger partial charge in [0.1, 0.15) is 5.69 Å². The van der Waals surface area contributed by atoms with Crippen molar-refractivity contribution in [1.82, 2.24) is 9.78 Å². The molecule has 1 aliphatic rings. The van der Waals surface area contributed by atoms with Gasteiger partial charge in [0.15, 0.2) is 0 Å². The quantitative estimate of drug-likeness (QED) is 0.820. The number of hydrogen-bond acceptors (Lipinski definition) is 2. The zero-order valence-corrected chi connectivity index (χ0v) is 8.71. The zero-order valence-electron chi connectivity index (χ0n) is 8.71. The zero-order chi connectivity index (χ0) is 11.1. The Kier molecular flexibility index (Phi) is 2.50. The average molecular weight is 215 g/mol. The van der Waals surface area contributed by atoms with Crippen molar-refractivity contribution >= 4 is 0 Å². The van der Waals surface area contributed by atoms with Crippen molar-refractivity contribution in [2.75, 3.05) is 0 Å². The van der Waals surface area contributed by atoms with Crippen LogP contribution in [-0.4, -0.2) is 9.78 Å². The molecule has 0 bridgehead atoms. The van der Waals surface area contributed by atoms with Gasteiger partial charge in [0.05, 0.1) is 0 Å². The van der Waals surface area contributed by atoms with E-state index in [1.54, 1.807) is 13.2 Å². The Morgan fingerprint density at radius 3 is 2.60 bits per heavy atom. The molecule has 2 N–H and O–H groups in total. The first-order chi connectivity index (χ1) is 7.03. The Morgan fingerprint density at radius 1 is 1.47 bits per heavy atom. The summed E-state index contributed by atoms with van der Waals surface area (Å²) < 4.78 is 26.9. The summed E-state index contributed by atoms with van der Waals surface area (Å²) in [7, 11) is 1.65. The van der Waals surface area contributed by atoms with Crippen molar-refractivity contribution in [3.8, 4) is 0 Å². The van der Waals surface area contributed by atoms with E-state index in [2.05, 4.69) is 5.10 Å². The van der Waals surface area contributed by atoms with E-state index in [1.165, 1.54) is 4.68 Å². The van der Waals surface area contributed by atoms with Gasteiger partial charge in [-0.05, 0) is 12.8 Å². The van der Waals surface area contributed by atoms with Crippen LogP contribution in [0.3, 0.4) is 0 Å². The molecule has 0 saturated heterocycles. The summed E-state index contributed by atoms with van der Waals surface area (Å²) in [6, 6.07) is 0. The summed E-state index contributed by atoms with van der Waals surface area (Å²) in [6.45, 7) is 0. The monoisotopic (exact) mass is 215 g/mol. The lowest BCUT2D eigenvalue weighted by atomic mass is 9.90. The van der Waals surface area contributed by atoms with Gasteiger partial charge in [-0.15, -0.1) is 0 Å². The SMILES string of the molecule is Cn1cc(C2(N)CCCC2)c(C(F)F)n1. The lowest BCUT2D eigenvalue weighted by Gasteiger charge is -2.23. The van der Waals surface area contributed by atoms with Crippen LogP contribution in [-0.2, 0) is 12.6 Å². The van der Waals surface area contributed by atoms with Crippen LogP contribution in [0.5, 0.6) is 0 Å². The average Bonchev–Trinajstić information content (AvgIpc) is 2.72. The van der Waals surface area contributed by atoms with E-state index in [9.17, 15) is 8.78 Å². The normalized spacial score (nSPS) is 20.1. The maximum atomic E-state index is 12.7. The van der Waals surface area contributed by atoms with E-state index >= 15 is 0 Å². The largest absolute Gasteiger partial charge is 0.321 e. The first-order valence-corrected chi connectivity index (χ1v) is 5.14. The number of halogens is 2. The molecule has 3 nitrogen and oxygen atoms in total. The third-order valence-electron chi connectivity index (χ3n) is 3.10. The van der Waals surface area contributed by atoms with Crippen LogP contribution in [0.2, 0.25) is 0 Å². The van der Waals surface area contributed by atoms with Crippen LogP contribution in [0.15, 0.2) is 6.20 Å². The van der Waals surface area contributed by atoms with Crippen LogP contribution < -0.4 is 5.73 Å². The molecular weight excluding hydrogens is 200 g/mol. The van der Waals surface area contributed by atoms with Gasteiger partial charge in [-0.1, -0.05) is 12.8 Å². The highest BCUT2D eigenvalue weighted by Crippen LogP contribution is 2.39. The molecule has 0 radical (unpaired) electrons. The number of rotatable bonds is 2. The van der Waals surface area contributed by atoms with Gasteiger partial charge in [-0.2, -0.15) is 5.10 Å².